The Morgan fingerprint density at radius 1 is 1.24 bits per heavy atom. The third-order valence-corrected chi connectivity index (χ3v) is 3.66. The van der Waals surface area contributed by atoms with Crippen molar-refractivity contribution in [1.82, 2.24) is 9.80 Å². The van der Waals surface area contributed by atoms with Gasteiger partial charge in [0, 0.05) is 25.6 Å². The lowest BCUT2D eigenvalue weighted by molar-refractivity contribution is 0.0117. The summed E-state index contributed by atoms with van der Waals surface area (Å²) in [7, 11) is 4.14. The van der Waals surface area contributed by atoms with Gasteiger partial charge in [-0.3, -0.25) is 0 Å². The lowest BCUT2D eigenvalue weighted by atomic mass is 9.98. The largest absolute Gasteiger partial charge is 0.446 e. The number of rotatable bonds is 3. The standard InChI is InChI=1S/C13H24N2O2/c1-14(2)8-11-9-15(10-11)13(16)17-12-6-4-3-5-7-12/h11-12H,3-10H2,1-2H3. The molecule has 2 fully saturated rings. The summed E-state index contributed by atoms with van der Waals surface area (Å²) in [4.78, 5) is 15.8. The van der Waals surface area contributed by atoms with Gasteiger partial charge in [0.1, 0.15) is 6.10 Å². The Kier molecular flexibility index (Phi) is 4.26. The third-order valence-electron chi connectivity index (χ3n) is 3.66. The van der Waals surface area contributed by atoms with Crippen LogP contribution in [-0.4, -0.2) is 55.7 Å². The van der Waals surface area contributed by atoms with Gasteiger partial charge in [-0.05, 0) is 39.8 Å². The summed E-state index contributed by atoms with van der Waals surface area (Å²) < 4.78 is 5.52. The Morgan fingerprint density at radius 2 is 1.88 bits per heavy atom. The quantitative estimate of drug-likeness (QED) is 0.756. The molecule has 17 heavy (non-hydrogen) atoms. The van der Waals surface area contributed by atoms with Gasteiger partial charge in [0.05, 0.1) is 0 Å². The summed E-state index contributed by atoms with van der Waals surface area (Å²) in [5.41, 5.74) is 0. The van der Waals surface area contributed by atoms with Gasteiger partial charge in [-0.15, -0.1) is 0 Å². The Balaban J connectivity index is 1.64. The molecule has 1 saturated heterocycles. The first-order chi connectivity index (χ1) is 8.15. The van der Waals surface area contributed by atoms with Crippen molar-refractivity contribution < 1.29 is 9.53 Å². The molecule has 2 aliphatic rings. The van der Waals surface area contributed by atoms with Crippen molar-refractivity contribution >= 4 is 6.09 Å². The highest BCUT2D eigenvalue weighted by Gasteiger charge is 2.33. The van der Waals surface area contributed by atoms with Crippen molar-refractivity contribution in [2.45, 2.75) is 38.2 Å². The first-order valence-electron chi connectivity index (χ1n) is 6.75. The van der Waals surface area contributed by atoms with E-state index in [1.54, 1.807) is 0 Å². The monoisotopic (exact) mass is 240 g/mol. The van der Waals surface area contributed by atoms with Gasteiger partial charge in [0.15, 0.2) is 0 Å². The molecule has 1 heterocycles. The van der Waals surface area contributed by atoms with Crippen LogP contribution in [0.15, 0.2) is 0 Å². The van der Waals surface area contributed by atoms with Crippen LogP contribution in [0.25, 0.3) is 0 Å². The van der Waals surface area contributed by atoms with Crippen LogP contribution in [0, 0.1) is 5.92 Å². The molecule has 0 spiro atoms. The molecular formula is C13H24N2O2. The number of carbonyl (C=O) groups excluding carboxylic acids is 1. The maximum absolute atomic E-state index is 11.8. The molecule has 4 nitrogen and oxygen atoms in total. The van der Waals surface area contributed by atoms with Crippen molar-refractivity contribution in [3.63, 3.8) is 0 Å². The topological polar surface area (TPSA) is 32.8 Å². The molecule has 1 aliphatic heterocycles. The summed E-state index contributed by atoms with van der Waals surface area (Å²) in [6, 6.07) is 0. The first-order valence-corrected chi connectivity index (χ1v) is 6.75. The van der Waals surface area contributed by atoms with Crippen molar-refractivity contribution in [2.75, 3.05) is 33.7 Å². The fourth-order valence-corrected chi connectivity index (χ4v) is 2.75. The zero-order valence-corrected chi connectivity index (χ0v) is 11.0. The van der Waals surface area contributed by atoms with Crippen LogP contribution in [-0.2, 0) is 4.74 Å². The van der Waals surface area contributed by atoms with E-state index in [0.29, 0.717) is 5.92 Å². The minimum atomic E-state index is -0.0908. The molecule has 0 atom stereocenters. The van der Waals surface area contributed by atoms with E-state index in [4.69, 9.17) is 4.74 Å². The van der Waals surface area contributed by atoms with Crippen LogP contribution in [0.1, 0.15) is 32.1 Å². The molecule has 0 radical (unpaired) electrons. The van der Waals surface area contributed by atoms with Crippen LogP contribution in [0.2, 0.25) is 0 Å². The van der Waals surface area contributed by atoms with Crippen LogP contribution in [0.4, 0.5) is 4.79 Å². The van der Waals surface area contributed by atoms with Gasteiger partial charge in [-0.2, -0.15) is 0 Å². The average Bonchev–Trinajstić information content (AvgIpc) is 2.23. The number of amides is 1. The van der Waals surface area contributed by atoms with E-state index < -0.39 is 0 Å². The normalized spacial score (nSPS) is 22.6. The SMILES string of the molecule is CN(C)CC1CN(C(=O)OC2CCCCC2)C1. The third kappa shape index (κ3) is 3.60. The number of hydrogen-bond donors (Lipinski definition) is 0. The molecule has 0 N–H and O–H groups in total. The molecule has 0 unspecified atom stereocenters. The minimum Gasteiger partial charge on any atom is -0.446 e. The maximum Gasteiger partial charge on any atom is 0.410 e. The van der Waals surface area contributed by atoms with Crippen LogP contribution in [0.3, 0.4) is 0 Å². The fourth-order valence-electron chi connectivity index (χ4n) is 2.75. The second kappa shape index (κ2) is 5.71. The van der Waals surface area contributed by atoms with Crippen LogP contribution in [0.5, 0.6) is 0 Å². The highest BCUT2D eigenvalue weighted by Crippen LogP contribution is 2.23. The van der Waals surface area contributed by atoms with E-state index in [-0.39, 0.29) is 12.2 Å². The number of nitrogens with zero attached hydrogens (tertiary/aromatic N) is 2. The van der Waals surface area contributed by atoms with Gasteiger partial charge in [0.25, 0.3) is 0 Å². The van der Waals surface area contributed by atoms with E-state index in [9.17, 15) is 4.79 Å². The van der Waals surface area contributed by atoms with Crippen molar-refractivity contribution in [1.29, 1.82) is 0 Å². The summed E-state index contributed by atoms with van der Waals surface area (Å²) in [5.74, 6) is 0.629. The molecule has 4 heteroatoms. The average molecular weight is 240 g/mol. The number of ether oxygens (including phenoxy) is 1. The summed E-state index contributed by atoms with van der Waals surface area (Å²) in [6.45, 7) is 2.79. The van der Waals surface area contributed by atoms with Crippen LogP contribution < -0.4 is 0 Å². The van der Waals surface area contributed by atoms with Crippen molar-refractivity contribution in [2.24, 2.45) is 5.92 Å². The van der Waals surface area contributed by atoms with E-state index in [1.807, 2.05) is 4.90 Å². The Bertz CT molecular complexity index is 256. The number of hydrogen-bond acceptors (Lipinski definition) is 3. The Labute approximate surface area is 104 Å². The molecule has 0 aromatic rings. The van der Waals surface area contributed by atoms with Gasteiger partial charge in [-0.1, -0.05) is 6.42 Å². The van der Waals surface area contributed by atoms with Gasteiger partial charge >= 0.3 is 6.09 Å². The lowest BCUT2D eigenvalue weighted by Gasteiger charge is -2.40. The van der Waals surface area contributed by atoms with Crippen LogP contribution >= 0.6 is 0 Å². The molecule has 0 aromatic heterocycles. The summed E-state index contributed by atoms with van der Waals surface area (Å²) in [6.07, 6.45) is 5.92. The zero-order valence-electron chi connectivity index (χ0n) is 11.0. The first kappa shape index (κ1) is 12.7. The van der Waals surface area contributed by atoms with Gasteiger partial charge in [-0.25, -0.2) is 4.79 Å². The summed E-state index contributed by atoms with van der Waals surface area (Å²) >= 11 is 0. The van der Waals surface area contributed by atoms with E-state index in [2.05, 4.69) is 19.0 Å². The molecular weight excluding hydrogens is 216 g/mol. The number of likely N-dealkylation sites (tertiary alicyclic amines) is 1. The Morgan fingerprint density at radius 3 is 2.47 bits per heavy atom. The molecule has 1 aliphatic carbocycles. The highest BCUT2D eigenvalue weighted by molar-refractivity contribution is 5.68. The summed E-state index contributed by atoms with van der Waals surface area (Å²) in [5, 5.41) is 0. The molecule has 98 valence electrons. The van der Waals surface area contributed by atoms with E-state index >= 15 is 0 Å². The number of carbonyl (C=O) groups is 1. The van der Waals surface area contributed by atoms with Crippen molar-refractivity contribution in [3.05, 3.63) is 0 Å². The van der Waals surface area contributed by atoms with Crippen molar-refractivity contribution in [3.8, 4) is 0 Å². The predicted molar refractivity (Wildman–Crippen MR) is 67.0 cm³/mol. The maximum atomic E-state index is 11.8. The Hall–Kier alpha value is -0.770. The van der Waals surface area contributed by atoms with Gasteiger partial charge in [0.2, 0.25) is 0 Å². The van der Waals surface area contributed by atoms with E-state index in [1.165, 1.54) is 19.3 Å². The second-order valence-electron chi connectivity index (χ2n) is 5.68. The fraction of sp³-hybridized carbons (Fsp3) is 0.923. The minimum absolute atomic E-state index is 0.0908. The zero-order chi connectivity index (χ0) is 12.3. The molecule has 0 aromatic carbocycles. The highest BCUT2D eigenvalue weighted by atomic mass is 16.6. The second-order valence-corrected chi connectivity index (χ2v) is 5.68. The molecule has 0 bridgehead atoms. The van der Waals surface area contributed by atoms with Gasteiger partial charge < -0.3 is 14.5 Å². The smallest absolute Gasteiger partial charge is 0.410 e. The predicted octanol–water partition coefficient (Wildman–Crippen LogP) is 1.95. The van der Waals surface area contributed by atoms with E-state index in [0.717, 1.165) is 32.5 Å². The molecule has 2 rings (SSSR count). The molecule has 1 amide bonds. The lowest BCUT2D eigenvalue weighted by Crippen LogP contribution is -2.53. The molecule has 1 saturated carbocycles.